The van der Waals surface area contributed by atoms with E-state index in [0.29, 0.717) is 17.4 Å². The maximum atomic E-state index is 11.8. The maximum Gasteiger partial charge on any atom is 0.178 e. The monoisotopic (exact) mass is 300 g/mol. The van der Waals surface area contributed by atoms with Crippen molar-refractivity contribution >= 4 is 5.78 Å². The molecule has 3 saturated carbocycles. The highest BCUT2D eigenvalue weighted by Gasteiger charge is 2.58. The van der Waals surface area contributed by atoms with Crippen LogP contribution >= 0.6 is 0 Å². The molecule has 0 heterocycles. The van der Waals surface area contributed by atoms with E-state index in [1.165, 1.54) is 37.7 Å². The highest BCUT2D eigenvalue weighted by atomic mass is 16.5. The second-order valence-electron chi connectivity index (χ2n) is 8.45. The van der Waals surface area contributed by atoms with Crippen LogP contribution in [-0.2, 0) is 9.53 Å². The van der Waals surface area contributed by atoms with Gasteiger partial charge in [-0.05, 0) is 73.8 Å². The smallest absolute Gasteiger partial charge is 0.178 e. The van der Waals surface area contributed by atoms with Gasteiger partial charge in [0.2, 0.25) is 0 Å². The minimum Gasteiger partial charge on any atom is -0.381 e. The Morgan fingerprint density at radius 2 is 1.95 bits per heavy atom. The first-order valence-corrected chi connectivity index (χ1v) is 8.96. The van der Waals surface area contributed by atoms with Crippen molar-refractivity contribution in [2.45, 2.75) is 58.5 Å². The third kappa shape index (κ3) is 1.79. The molecule has 0 spiro atoms. The predicted octanol–water partition coefficient (Wildman–Crippen LogP) is 4.31. The molecule has 22 heavy (non-hydrogen) atoms. The van der Waals surface area contributed by atoms with E-state index < -0.39 is 0 Å². The molecule has 2 heteroatoms. The van der Waals surface area contributed by atoms with Crippen LogP contribution in [0.2, 0.25) is 0 Å². The number of rotatable bonds is 1. The van der Waals surface area contributed by atoms with Crippen molar-refractivity contribution in [2.24, 2.45) is 28.6 Å². The fourth-order valence-electron chi connectivity index (χ4n) is 6.54. The molecule has 0 aliphatic heterocycles. The van der Waals surface area contributed by atoms with Gasteiger partial charge in [-0.15, -0.1) is 0 Å². The predicted molar refractivity (Wildman–Crippen MR) is 87.4 cm³/mol. The van der Waals surface area contributed by atoms with Crippen LogP contribution in [0.3, 0.4) is 0 Å². The summed E-state index contributed by atoms with van der Waals surface area (Å²) in [6, 6.07) is 0. The fraction of sp³-hybridized carbons (Fsp3) is 0.750. The molecule has 0 amide bonds. The second kappa shape index (κ2) is 4.80. The van der Waals surface area contributed by atoms with Crippen LogP contribution in [0.4, 0.5) is 0 Å². The minimum absolute atomic E-state index is 0.128. The molecule has 4 rings (SSSR count). The fourth-order valence-corrected chi connectivity index (χ4v) is 6.54. The van der Waals surface area contributed by atoms with Gasteiger partial charge < -0.3 is 4.74 Å². The average molecular weight is 300 g/mol. The quantitative estimate of drug-likeness (QED) is 0.721. The van der Waals surface area contributed by atoms with E-state index in [1.807, 2.05) is 19.3 Å². The molecule has 3 fully saturated rings. The Hall–Kier alpha value is -0.890. The topological polar surface area (TPSA) is 26.3 Å². The van der Waals surface area contributed by atoms with Crippen LogP contribution < -0.4 is 0 Å². The molecular weight excluding hydrogens is 272 g/mol. The number of ether oxygens (including phenoxy) is 1. The largest absolute Gasteiger partial charge is 0.381 e. The Kier molecular flexibility index (Phi) is 3.21. The van der Waals surface area contributed by atoms with Gasteiger partial charge in [-0.1, -0.05) is 25.5 Å². The van der Waals surface area contributed by atoms with Crippen LogP contribution in [-0.4, -0.2) is 19.0 Å². The Balaban J connectivity index is 1.68. The zero-order valence-electron chi connectivity index (χ0n) is 14.1. The van der Waals surface area contributed by atoms with E-state index in [9.17, 15) is 4.79 Å². The number of ketones is 1. The van der Waals surface area contributed by atoms with E-state index in [2.05, 4.69) is 19.9 Å². The van der Waals surface area contributed by atoms with Crippen LogP contribution in [0.1, 0.15) is 52.4 Å². The number of carbonyl (C=O) groups excluding carboxylic acids is 1. The van der Waals surface area contributed by atoms with Crippen molar-refractivity contribution in [3.63, 3.8) is 0 Å². The van der Waals surface area contributed by atoms with Crippen molar-refractivity contribution in [3.8, 4) is 0 Å². The number of hydrogen-bond acceptors (Lipinski definition) is 2. The van der Waals surface area contributed by atoms with E-state index in [0.717, 1.165) is 18.3 Å². The molecule has 0 aromatic carbocycles. The summed E-state index contributed by atoms with van der Waals surface area (Å²) >= 11 is 0. The number of methoxy groups -OCH3 is 1. The Morgan fingerprint density at radius 3 is 2.73 bits per heavy atom. The Labute approximate surface area is 134 Å². The Morgan fingerprint density at radius 1 is 1.14 bits per heavy atom. The van der Waals surface area contributed by atoms with E-state index in [4.69, 9.17) is 4.74 Å². The summed E-state index contributed by atoms with van der Waals surface area (Å²) in [7, 11) is 1.89. The van der Waals surface area contributed by atoms with Crippen molar-refractivity contribution in [2.75, 3.05) is 7.11 Å². The lowest BCUT2D eigenvalue weighted by Crippen LogP contribution is -2.50. The standard InChI is InChI=1S/C20H28O2/c1-19-10-8-14(21)12-13(19)4-5-15-16-6-7-18(22-3)20(16,2)11-9-17(15)19/h8,10,12,15-18H,4-7,9,11H2,1-3H3/t15-,16-,17-,18+,19-,20-/m0/s1. The van der Waals surface area contributed by atoms with E-state index in [1.54, 1.807) is 0 Å². The van der Waals surface area contributed by atoms with Gasteiger partial charge in [0.15, 0.2) is 5.78 Å². The Bertz CT molecular complexity index is 560. The van der Waals surface area contributed by atoms with Gasteiger partial charge in [0.05, 0.1) is 6.10 Å². The lowest BCUT2D eigenvalue weighted by molar-refractivity contribution is -0.111. The van der Waals surface area contributed by atoms with Crippen LogP contribution in [0.15, 0.2) is 23.8 Å². The van der Waals surface area contributed by atoms with E-state index >= 15 is 0 Å². The average Bonchev–Trinajstić information content (AvgIpc) is 2.84. The lowest BCUT2D eigenvalue weighted by Gasteiger charge is -2.56. The van der Waals surface area contributed by atoms with Gasteiger partial charge in [0.25, 0.3) is 0 Å². The normalized spacial score (nSPS) is 50.1. The molecule has 0 aromatic heterocycles. The number of allylic oxidation sites excluding steroid dienone is 4. The molecule has 6 atom stereocenters. The van der Waals surface area contributed by atoms with Gasteiger partial charge in [0, 0.05) is 12.5 Å². The first-order valence-electron chi connectivity index (χ1n) is 8.96. The third-order valence-electron chi connectivity index (χ3n) is 7.75. The van der Waals surface area contributed by atoms with E-state index in [-0.39, 0.29) is 11.2 Å². The van der Waals surface area contributed by atoms with Crippen molar-refractivity contribution in [1.29, 1.82) is 0 Å². The number of fused-ring (bicyclic) bond motifs is 5. The molecular formula is C20H28O2. The zero-order valence-corrected chi connectivity index (χ0v) is 14.1. The zero-order chi connectivity index (χ0) is 15.5. The highest BCUT2D eigenvalue weighted by molar-refractivity contribution is 6.01. The highest BCUT2D eigenvalue weighted by Crippen LogP contribution is 2.64. The van der Waals surface area contributed by atoms with Gasteiger partial charge in [0.1, 0.15) is 0 Å². The number of carbonyl (C=O) groups is 1. The molecule has 120 valence electrons. The van der Waals surface area contributed by atoms with Gasteiger partial charge >= 0.3 is 0 Å². The number of hydrogen-bond donors (Lipinski definition) is 0. The summed E-state index contributed by atoms with van der Waals surface area (Å²) in [6.45, 7) is 4.85. The second-order valence-corrected chi connectivity index (χ2v) is 8.45. The minimum atomic E-state index is 0.128. The van der Waals surface area contributed by atoms with Crippen LogP contribution in [0.25, 0.3) is 0 Å². The summed E-state index contributed by atoms with van der Waals surface area (Å²) in [6.07, 6.45) is 13.9. The third-order valence-corrected chi connectivity index (χ3v) is 7.75. The summed E-state index contributed by atoms with van der Waals surface area (Å²) in [4.78, 5) is 11.8. The molecule has 0 aromatic rings. The summed E-state index contributed by atoms with van der Waals surface area (Å²) < 4.78 is 5.84. The molecule has 2 nitrogen and oxygen atoms in total. The molecule has 0 unspecified atom stereocenters. The lowest BCUT2D eigenvalue weighted by atomic mass is 9.48. The first-order chi connectivity index (χ1) is 10.5. The molecule has 0 radical (unpaired) electrons. The summed E-state index contributed by atoms with van der Waals surface area (Å²) in [5, 5.41) is 0. The SMILES string of the molecule is CO[C@@H]1CC[C@H]2[C@@H]3CCC4=CC(=O)C=C[C@]4(C)[C@H]3CC[C@]12C. The molecule has 4 aliphatic rings. The van der Waals surface area contributed by atoms with Gasteiger partial charge in [-0.2, -0.15) is 0 Å². The van der Waals surface area contributed by atoms with Crippen molar-refractivity contribution in [3.05, 3.63) is 23.8 Å². The van der Waals surface area contributed by atoms with Crippen molar-refractivity contribution in [1.82, 2.24) is 0 Å². The van der Waals surface area contributed by atoms with Gasteiger partial charge in [-0.25, -0.2) is 0 Å². The van der Waals surface area contributed by atoms with Crippen molar-refractivity contribution < 1.29 is 9.53 Å². The molecule has 0 N–H and O–H groups in total. The molecule has 0 bridgehead atoms. The maximum absolute atomic E-state index is 11.8. The van der Waals surface area contributed by atoms with Crippen LogP contribution in [0.5, 0.6) is 0 Å². The summed E-state index contributed by atoms with van der Waals surface area (Å²) in [5.74, 6) is 2.51. The van der Waals surface area contributed by atoms with Gasteiger partial charge in [-0.3, -0.25) is 4.79 Å². The summed E-state index contributed by atoms with van der Waals surface area (Å²) in [5.41, 5.74) is 1.90. The first kappa shape index (κ1) is 14.7. The van der Waals surface area contributed by atoms with Crippen LogP contribution in [0, 0.1) is 28.6 Å². The molecule has 4 aliphatic carbocycles. The molecule has 0 saturated heterocycles.